The molecule has 0 saturated carbocycles. The zero-order valence-electron chi connectivity index (χ0n) is 14.3. The quantitative estimate of drug-likeness (QED) is 0.600. The third-order valence-corrected chi connectivity index (χ3v) is 4.54. The van der Waals surface area contributed by atoms with E-state index in [0.717, 1.165) is 16.2 Å². The lowest BCUT2D eigenvalue weighted by atomic mass is 9.92. The molecular weight excluding hydrogens is 326 g/mol. The molecule has 2 fully saturated rings. The van der Waals surface area contributed by atoms with E-state index in [0.29, 0.717) is 30.7 Å². The Morgan fingerprint density at radius 2 is 1.76 bits per heavy atom. The summed E-state index contributed by atoms with van der Waals surface area (Å²) < 4.78 is 5.11. The molecule has 2 aliphatic rings. The molecule has 0 bridgehead atoms. The molecule has 3 heterocycles. The molecule has 0 N–H and O–H groups in total. The molecule has 0 aromatic carbocycles. The lowest BCUT2D eigenvalue weighted by molar-refractivity contribution is -0.145. The average Bonchev–Trinajstić information content (AvgIpc) is 3.13. The van der Waals surface area contributed by atoms with Crippen LogP contribution in [0, 0.1) is 11.8 Å². The molecule has 2 atom stereocenters. The van der Waals surface area contributed by atoms with Crippen LogP contribution < -0.4 is 0 Å². The monoisotopic (exact) mass is 347 g/mol. The van der Waals surface area contributed by atoms with Gasteiger partial charge in [0.25, 0.3) is 0 Å². The van der Waals surface area contributed by atoms with Gasteiger partial charge in [-0.3, -0.25) is 14.4 Å². The Balaban J connectivity index is 1.67. The number of carbonyl (C=O) groups excluding carboxylic acids is 4. The van der Waals surface area contributed by atoms with Crippen LogP contribution in [0.3, 0.4) is 0 Å². The van der Waals surface area contributed by atoms with Crippen molar-refractivity contribution >= 4 is 23.8 Å². The summed E-state index contributed by atoms with van der Waals surface area (Å²) in [6.07, 6.45) is 2.46. The Hall–Kier alpha value is -2.64. The average molecular weight is 347 g/mol. The van der Waals surface area contributed by atoms with E-state index in [1.54, 1.807) is 17.0 Å². The summed E-state index contributed by atoms with van der Waals surface area (Å²) in [5.41, 5.74) is 0. The third-order valence-electron chi connectivity index (χ3n) is 4.54. The van der Waals surface area contributed by atoms with Crippen molar-refractivity contribution in [3.63, 3.8) is 0 Å². The van der Waals surface area contributed by atoms with Crippen molar-refractivity contribution in [2.45, 2.75) is 26.8 Å². The number of carbonyl (C=O) groups is 4. The highest BCUT2D eigenvalue weighted by molar-refractivity contribution is 6.44. The Kier molecular flexibility index (Phi) is 4.61. The summed E-state index contributed by atoms with van der Waals surface area (Å²) in [5.74, 6) is -1.09. The molecule has 0 unspecified atom stereocenters. The first-order chi connectivity index (χ1) is 11.9. The number of likely N-dealkylation sites (tertiary alicyclic amines) is 1. The van der Waals surface area contributed by atoms with Crippen LogP contribution in [0.1, 0.15) is 26.0 Å². The number of amides is 5. The topological polar surface area (TPSA) is 91.1 Å². The first-order valence-electron chi connectivity index (χ1n) is 8.34. The third kappa shape index (κ3) is 3.42. The Morgan fingerprint density at radius 1 is 1.12 bits per heavy atom. The van der Waals surface area contributed by atoms with Crippen LogP contribution >= 0.6 is 0 Å². The predicted molar refractivity (Wildman–Crippen MR) is 85.9 cm³/mol. The first-order valence-corrected chi connectivity index (χ1v) is 8.34. The van der Waals surface area contributed by atoms with Crippen molar-refractivity contribution in [1.82, 2.24) is 14.7 Å². The highest BCUT2D eigenvalue weighted by Gasteiger charge is 2.46. The SMILES string of the molecule is C[C@@H]1C[C@@H](C)CN(C(=O)CN2C(=O)C(=O)N(Cc3ccco3)C2=O)C1. The van der Waals surface area contributed by atoms with Crippen molar-refractivity contribution in [2.75, 3.05) is 19.6 Å². The maximum Gasteiger partial charge on any atom is 0.335 e. The zero-order valence-corrected chi connectivity index (χ0v) is 14.3. The van der Waals surface area contributed by atoms with Crippen molar-refractivity contribution in [2.24, 2.45) is 11.8 Å². The van der Waals surface area contributed by atoms with Gasteiger partial charge in [-0.05, 0) is 30.4 Å². The van der Waals surface area contributed by atoms with Crippen LogP contribution in [0.15, 0.2) is 22.8 Å². The van der Waals surface area contributed by atoms with Gasteiger partial charge in [0.05, 0.1) is 12.8 Å². The smallest absolute Gasteiger partial charge is 0.335 e. The number of imide groups is 2. The van der Waals surface area contributed by atoms with Gasteiger partial charge in [0.1, 0.15) is 12.3 Å². The Bertz CT molecular complexity index is 689. The summed E-state index contributed by atoms with van der Waals surface area (Å²) in [6.45, 7) is 4.80. The molecule has 0 radical (unpaired) electrons. The number of rotatable bonds is 4. The van der Waals surface area contributed by atoms with E-state index in [4.69, 9.17) is 4.42 Å². The molecule has 5 amide bonds. The Morgan fingerprint density at radius 3 is 2.36 bits per heavy atom. The lowest BCUT2D eigenvalue weighted by Gasteiger charge is -2.35. The summed E-state index contributed by atoms with van der Waals surface area (Å²) in [6, 6.07) is 2.45. The summed E-state index contributed by atoms with van der Waals surface area (Å²) in [7, 11) is 0. The van der Waals surface area contributed by atoms with Crippen LogP contribution in [0.4, 0.5) is 4.79 Å². The van der Waals surface area contributed by atoms with Crippen LogP contribution in [0.5, 0.6) is 0 Å². The first kappa shape index (κ1) is 17.2. The summed E-state index contributed by atoms with van der Waals surface area (Å²) in [4.78, 5) is 52.3. The molecule has 0 aliphatic carbocycles. The molecule has 8 nitrogen and oxygen atoms in total. The van der Waals surface area contributed by atoms with Gasteiger partial charge in [0, 0.05) is 13.1 Å². The number of nitrogens with zero attached hydrogens (tertiary/aromatic N) is 3. The summed E-state index contributed by atoms with van der Waals surface area (Å²) >= 11 is 0. The second kappa shape index (κ2) is 6.70. The van der Waals surface area contributed by atoms with E-state index < -0.39 is 24.4 Å². The normalized spacial score (nSPS) is 24.4. The second-order valence-electron chi connectivity index (χ2n) is 6.89. The minimum Gasteiger partial charge on any atom is -0.467 e. The minimum absolute atomic E-state index is 0.126. The molecule has 2 saturated heterocycles. The van der Waals surface area contributed by atoms with E-state index >= 15 is 0 Å². The fourth-order valence-corrected chi connectivity index (χ4v) is 3.49. The van der Waals surface area contributed by atoms with E-state index in [9.17, 15) is 19.2 Å². The van der Waals surface area contributed by atoms with Gasteiger partial charge >= 0.3 is 17.8 Å². The van der Waals surface area contributed by atoms with E-state index in [1.165, 1.54) is 6.26 Å². The van der Waals surface area contributed by atoms with E-state index in [2.05, 4.69) is 13.8 Å². The second-order valence-corrected chi connectivity index (χ2v) is 6.89. The van der Waals surface area contributed by atoms with Gasteiger partial charge in [-0.25, -0.2) is 14.6 Å². The van der Waals surface area contributed by atoms with Crippen LogP contribution in [0.25, 0.3) is 0 Å². The molecule has 1 aromatic heterocycles. The van der Waals surface area contributed by atoms with Gasteiger partial charge in [-0.2, -0.15) is 0 Å². The summed E-state index contributed by atoms with van der Waals surface area (Å²) in [5, 5.41) is 0. The van der Waals surface area contributed by atoms with E-state index in [-0.39, 0.29) is 12.5 Å². The van der Waals surface area contributed by atoms with Crippen molar-refractivity contribution in [3.8, 4) is 0 Å². The number of urea groups is 1. The molecule has 8 heteroatoms. The van der Waals surface area contributed by atoms with Gasteiger partial charge < -0.3 is 9.32 Å². The highest BCUT2D eigenvalue weighted by Crippen LogP contribution is 2.22. The van der Waals surface area contributed by atoms with Crippen LogP contribution in [-0.4, -0.2) is 58.1 Å². The fraction of sp³-hybridized carbons (Fsp3) is 0.529. The van der Waals surface area contributed by atoms with E-state index in [1.807, 2.05) is 0 Å². The van der Waals surface area contributed by atoms with Gasteiger partial charge in [-0.1, -0.05) is 13.8 Å². The molecule has 3 rings (SSSR count). The van der Waals surface area contributed by atoms with Gasteiger partial charge in [0.2, 0.25) is 5.91 Å². The van der Waals surface area contributed by atoms with Crippen LogP contribution in [-0.2, 0) is 20.9 Å². The predicted octanol–water partition coefficient (Wildman–Crippen LogP) is 1.07. The van der Waals surface area contributed by atoms with Gasteiger partial charge in [0.15, 0.2) is 0 Å². The molecule has 0 spiro atoms. The minimum atomic E-state index is -0.969. The van der Waals surface area contributed by atoms with Gasteiger partial charge in [-0.15, -0.1) is 0 Å². The van der Waals surface area contributed by atoms with Crippen molar-refractivity contribution in [1.29, 1.82) is 0 Å². The van der Waals surface area contributed by atoms with Crippen molar-refractivity contribution in [3.05, 3.63) is 24.2 Å². The molecular formula is C17H21N3O5. The molecule has 25 heavy (non-hydrogen) atoms. The maximum absolute atomic E-state index is 12.5. The Labute approximate surface area is 145 Å². The molecule has 2 aliphatic heterocycles. The highest BCUT2D eigenvalue weighted by atomic mass is 16.3. The number of hydrogen-bond acceptors (Lipinski definition) is 5. The number of hydrogen-bond donors (Lipinski definition) is 0. The standard InChI is InChI=1S/C17H21N3O5/c1-11-6-12(2)8-18(7-11)14(21)10-20-16(23)15(22)19(17(20)24)9-13-4-3-5-25-13/h3-5,11-12H,6-10H2,1-2H3/t11-,12-/m1/s1. The van der Waals surface area contributed by atoms with Crippen LogP contribution in [0.2, 0.25) is 0 Å². The maximum atomic E-state index is 12.5. The largest absolute Gasteiger partial charge is 0.467 e. The zero-order chi connectivity index (χ0) is 18.1. The fourth-order valence-electron chi connectivity index (χ4n) is 3.49. The molecule has 134 valence electrons. The van der Waals surface area contributed by atoms with Crippen molar-refractivity contribution < 1.29 is 23.6 Å². The lowest BCUT2D eigenvalue weighted by Crippen LogP contribution is -2.48. The number of furan rings is 1. The molecule has 1 aromatic rings. The number of piperidine rings is 1.